The number of hydrogen-bond donors (Lipinski definition) is 0. The van der Waals surface area contributed by atoms with Crippen LogP contribution in [-0.4, -0.2) is 41.4 Å². The lowest BCUT2D eigenvalue weighted by Gasteiger charge is -2.16. The number of furan rings is 1. The van der Waals surface area contributed by atoms with Crippen LogP contribution in [0.25, 0.3) is 11.1 Å². The van der Waals surface area contributed by atoms with Gasteiger partial charge in [0.25, 0.3) is 0 Å². The van der Waals surface area contributed by atoms with Crippen LogP contribution < -0.4 is 0 Å². The summed E-state index contributed by atoms with van der Waals surface area (Å²) >= 11 is 0. The SMILES string of the molecule is Cn1cc(CN2C[C@@H]3[C@@H](C2)c2cc(-c4ccoc4)ccc2S3(=O)=O)cn1. The van der Waals surface area contributed by atoms with E-state index in [1.807, 2.05) is 37.6 Å². The van der Waals surface area contributed by atoms with Gasteiger partial charge in [-0.25, -0.2) is 8.42 Å². The quantitative estimate of drug-likeness (QED) is 0.709. The summed E-state index contributed by atoms with van der Waals surface area (Å²) in [7, 11) is -1.39. The summed E-state index contributed by atoms with van der Waals surface area (Å²) in [4.78, 5) is 2.72. The van der Waals surface area contributed by atoms with E-state index in [-0.39, 0.29) is 11.2 Å². The molecule has 0 spiro atoms. The summed E-state index contributed by atoms with van der Waals surface area (Å²) in [6.45, 7) is 2.05. The van der Waals surface area contributed by atoms with Gasteiger partial charge in [-0.05, 0) is 29.3 Å². The highest BCUT2D eigenvalue weighted by Crippen LogP contribution is 2.46. The van der Waals surface area contributed by atoms with E-state index in [2.05, 4.69) is 10.00 Å². The lowest BCUT2D eigenvalue weighted by molar-refractivity contribution is 0.325. The van der Waals surface area contributed by atoms with Crippen molar-refractivity contribution in [2.75, 3.05) is 13.1 Å². The maximum atomic E-state index is 13.0. The minimum absolute atomic E-state index is 0.0264. The van der Waals surface area contributed by atoms with E-state index in [4.69, 9.17) is 4.42 Å². The fourth-order valence-electron chi connectivity index (χ4n) is 4.27. The minimum Gasteiger partial charge on any atom is -0.472 e. The fourth-order valence-corrected chi connectivity index (χ4v) is 6.47. The highest BCUT2D eigenvalue weighted by molar-refractivity contribution is 7.92. The largest absolute Gasteiger partial charge is 0.472 e. The molecule has 0 aliphatic carbocycles. The van der Waals surface area contributed by atoms with Crippen LogP contribution in [0, 0.1) is 0 Å². The molecule has 7 heteroatoms. The number of aryl methyl sites for hydroxylation is 1. The van der Waals surface area contributed by atoms with Crippen molar-refractivity contribution in [1.82, 2.24) is 14.7 Å². The van der Waals surface area contributed by atoms with Crippen molar-refractivity contribution < 1.29 is 12.8 Å². The molecule has 2 atom stereocenters. The molecule has 2 aliphatic rings. The third-order valence-electron chi connectivity index (χ3n) is 5.48. The first-order valence-electron chi connectivity index (χ1n) is 8.62. The van der Waals surface area contributed by atoms with Crippen LogP contribution in [0.2, 0.25) is 0 Å². The van der Waals surface area contributed by atoms with Gasteiger partial charge in [0.1, 0.15) is 0 Å². The second-order valence-corrected chi connectivity index (χ2v) is 9.31. The number of rotatable bonds is 3. The number of hydrogen-bond acceptors (Lipinski definition) is 5. The van der Waals surface area contributed by atoms with Gasteiger partial charge in [0, 0.05) is 49.9 Å². The molecule has 1 aromatic carbocycles. The lowest BCUT2D eigenvalue weighted by Crippen LogP contribution is -2.25. The zero-order valence-electron chi connectivity index (χ0n) is 14.4. The molecule has 0 unspecified atom stereocenters. The predicted octanol–water partition coefficient (Wildman–Crippen LogP) is 2.44. The van der Waals surface area contributed by atoms with Crippen molar-refractivity contribution in [3.8, 4) is 11.1 Å². The summed E-state index contributed by atoms with van der Waals surface area (Å²) in [5, 5.41) is 3.85. The zero-order chi connectivity index (χ0) is 17.9. The smallest absolute Gasteiger partial charge is 0.183 e. The van der Waals surface area contributed by atoms with Gasteiger partial charge in [-0.3, -0.25) is 9.58 Å². The van der Waals surface area contributed by atoms with Crippen molar-refractivity contribution in [3.05, 3.63) is 60.3 Å². The van der Waals surface area contributed by atoms with Crippen LogP contribution in [0.4, 0.5) is 0 Å². The molecule has 5 rings (SSSR count). The van der Waals surface area contributed by atoms with E-state index >= 15 is 0 Å². The molecule has 4 heterocycles. The molecule has 2 aromatic heterocycles. The van der Waals surface area contributed by atoms with Crippen LogP contribution in [0.5, 0.6) is 0 Å². The summed E-state index contributed by atoms with van der Waals surface area (Å²) in [5.74, 6) is 0.0264. The molecule has 1 fully saturated rings. The molecule has 1 saturated heterocycles. The van der Waals surface area contributed by atoms with E-state index in [9.17, 15) is 8.42 Å². The standard InChI is InChI=1S/C19H19N3O3S/c1-21-8-13(7-20-21)9-22-10-17-16-6-14(15-4-5-25-12-15)2-3-18(16)26(23,24)19(17)11-22/h2-8,12,17,19H,9-11H2,1H3/t17-,19+/m0/s1. The molecule has 26 heavy (non-hydrogen) atoms. The van der Waals surface area contributed by atoms with Crippen molar-refractivity contribution in [2.45, 2.75) is 22.6 Å². The Hall–Kier alpha value is -2.38. The molecule has 6 nitrogen and oxygen atoms in total. The Morgan fingerprint density at radius 2 is 2.12 bits per heavy atom. The minimum atomic E-state index is -3.27. The molecule has 2 aliphatic heterocycles. The Bertz CT molecular complexity index is 1070. The molecule has 0 amide bonds. The lowest BCUT2D eigenvalue weighted by atomic mass is 9.95. The normalized spacial score (nSPS) is 23.9. The van der Waals surface area contributed by atoms with Crippen LogP contribution in [0.3, 0.4) is 0 Å². The van der Waals surface area contributed by atoms with E-state index in [1.165, 1.54) is 0 Å². The Balaban J connectivity index is 1.48. The summed E-state index contributed by atoms with van der Waals surface area (Å²) in [5.41, 5.74) is 4.03. The number of nitrogens with zero attached hydrogens (tertiary/aromatic N) is 3. The maximum absolute atomic E-state index is 13.0. The molecule has 0 N–H and O–H groups in total. The van der Waals surface area contributed by atoms with Crippen LogP contribution >= 0.6 is 0 Å². The molecule has 134 valence electrons. The first-order chi connectivity index (χ1) is 12.5. The molecular weight excluding hydrogens is 350 g/mol. The number of likely N-dealkylation sites (tertiary alicyclic amines) is 1. The highest BCUT2D eigenvalue weighted by Gasteiger charge is 2.50. The van der Waals surface area contributed by atoms with Gasteiger partial charge in [-0.1, -0.05) is 6.07 Å². The second kappa shape index (κ2) is 5.56. The summed E-state index contributed by atoms with van der Waals surface area (Å²) in [6, 6.07) is 7.55. The van der Waals surface area contributed by atoms with Gasteiger partial charge in [0.15, 0.2) is 9.84 Å². The van der Waals surface area contributed by atoms with Gasteiger partial charge < -0.3 is 4.42 Å². The van der Waals surface area contributed by atoms with Crippen molar-refractivity contribution in [3.63, 3.8) is 0 Å². The summed E-state index contributed by atoms with van der Waals surface area (Å²) in [6.07, 6.45) is 7.14. The first kappa shape index (κ1) is 15.8. The number of benzene rings is 1. The summed E-state index contributed by atoms with van der Waals surface area (Å²) < 4.78 is 32.9. The van der Waals surface area contributed by atoms with Gasteiger partial charge in [-0.15, -0.1) is 0 Å². The van der Waals surface area contributed by atoms with Gasteiger partial charge in [0.2, 0.25) is 0 Å². The Morgan fingerprint density at radius 3 is 2.85 bits per heavy atom. The van der Waals surface area contributed by atoms with E-state index in [1.54, 1.807) is 23.3 Å². The van der Waals surface area contributed by atoms with Crippen molar-refractivity contribution in [1.29, 1.82) is 0 Å². The topological polar surface area (TPSA) is 68.3 Å². The average molecular weight is 369 g/mol. The highest BCUT2D eigenvalue weighted by atomic mass is 32.2. The van der Waals surface area contributed by atoms with E-state index in [0.29, 0.717) is 11.4 Å². The average Bonchev–Trinajstić information content (AvgIpc) is 3.37. The Morgan fingerprint density at radius 1 is 1.23 bits per heavy atom. The van der Waals surface area contributed by atoms with E-state index < -0.39 is 9.84 Å². The van der Waals surface area contributed by atoms with Gasteiger partial charge in [-0.2, -0.15) is 5.10 Å². The first-order valence-corrected chi connectivity index (χ1v) is 10.2. The van der Waals surface area contributed by atoms with Crippen molar-refractivity contribution >= 4 is 9.84 Å². The number of aromatic nitrogens is 2. The maximum Gasteiger partial charge on any atom is 0.183 e. The van der Waals surface area contributed by atoms with Crippen molar-refractivity contribution in [2.24, 2.45) is 7.05 Å². The Labute approximate surface area is 152 Å². The molecular formula is C19H19N3O3S. The zero-order valence-corrected chi connectivity index (χ0v) is 15.2. The predicted molar refractivity (Wildman–Crippen MR) is 96.3 cm³/mol. The van der Waals surface area contributed by atoms with Gasteiger partial charge >= 0.3 is 0 Å². The fraction of sp³-hybridized carbons (Fsp3) is 0.316. The number of fused-ring (bicyclic) bond motifs is 3. The molecule has 0 radical (unpaired) electrons. The molecule has 3 aromatic rings. The Kier molecular flexibility index (Phi) is 3.39. The van der Waals surface area contributed by atoms with Crippen LogP contribution in [-0.2, 0) is 23.4 Å². The third-order valence-corrected chi connectivity index (χ3v) is 7.73. The monoisotopic (exact) mass is 369 g/mol. The molecule has 0 bridgehead atoms. The van der Waals surface area contributed by atoms with Crippen LogP contribution in [0.15, 0.2) is 58.5 Å². The van der Waals surface area contributed by atoms with E-state index in [0.717, 1.165) is 35.3 Å². The molecule has 0 saturated carbocycles. The number of sulfone groups is 1. The van der Waals surface area contributed by atoms with Crippen LogP contribution in [0.1, 0.15) is 17.0 Å². The van der Waals surface area contributed by atoms with Gasteiger partial charge in [0.05, 0.1) is 28.9 Å². The third kappa shape index (κ3) is 2.34. The second-order valence-electron chi connectivity index (χ2n) is 7.17.